The third-order valence-corrected chi connectivity index (χ3v) is 3.13. The van der Waals surface area contributed by atoms with Crippen LogP contribution in [0.25, 0.3) is 0 Å². The summed E-state index contributed by atoms with van der Waals surface area (Å²) in [6.45, 7) is 5.37. The number of hydrogen-bond acceptors (Lipinski definition) is 0. The molecule has 1 aromatic heterocycles. The number of imidazole rings is 1. The molecule has 0 amide bonds. The Bertz CT molecular complexity index is 422. The van der Waals surface area contributed by atoms with Gasteiger partial charge in [0, 0.05) is 6.92 Å². The Morgan fingerprint density at radius 1 is 1.40 bits per heavy atom. The number of aryl methyl sites for hydroxylation is 1. The van der Waals surface area contributed by atoms with Crippen molar-refractivity contribution >= 4 is 0 Å². The lowest BCUT2D eigenvalue weighted by atomic mass is 10.0. The molecule has 0 saturated heterocycles. The molecule has 0 spiro atoms. The van der Waals surface area contributed by atoms with Gasteiger partial charge in [-0.25, -0.2) is 9.13 Å². The van der Waals surface area contributed by atoms with Gasteiger partial charge in [-0.15, -0.1) is 0 Å². The predicted molar refractivity (Wildman–Crippen MR) is 61.4 cm³/mol. The van der Waals surface area contributed by atoms with Crippen LogP contribution in [-0.4, -0.2) is 4.57 Å². The molecule has 2 rings (SSSR count). The first-order chi connectivity index (χ1) is 7.16. The smallest absolute Gasteiger partial charge is 0.237 e. The van der Waals surface area contributed by atoms with Crippen LogP contribution in [0.15, 0.2) is 35.7 Å². The van der Waals surface area contributed by atoms with Crippen LogP contribution in [0.3, 0.4) is 0 Å². The fourth-order valence-corrected chi connectivity index (χ4v) is 2.01. The van der Waals surface area contributed by atoms with E-state index in [4.69, 9.17) is 0 Å². The highest BCUT2D eigenvalue weighted by atomic mass is 15.1. The first-order valence-corrected chi connectivity index (χ1v) is 5.54. The Morgan fingerprint density at radius 2 is 2.20 bits per heavy atom. The molecule has 1 aliphatic carbocycles. The summed E-state index contributed by atoms with van der Waals surface area (Å²) in [6, 6.07) is 0. The Morgan fingerprint density at radius 3 is 2.80 bits per heavy atom. The first-order valence-electron chi connectivity index (χ1n) is 5.54. The number of aromatic nitrogens is 2. The van der Waals surface area contributed by atoms with Crippen LogP contribution in [0.5, 0.6) is 0 Å². The highest BCUT2D eigenvalue weighted by molar-refractivity contribution is 5.26. The van der Waals surface area contributed by atoms with Gasteiger partial charge in [0.2, 0.25) is 0 Å². The van der Waals surface area contributed by atoms with Crippen molar-refractivity contribution in [1.82, 2.24) is 4.57 Å². The lowest BCUT2D eigenvalue weighted by Crippen LogP contribution is -2.29. The number of allylic oxidation sites excluding steroid dienone is 4. The van der Waals surface area contributed by atoms with Crippen molar-refractivity contribution in [3.63, 3.8) is 0 Å². The van der Waals surface area contributed by atoms with Gasteiger partial charge >= 0.3 is 0 Å². The molecule has 0 saturated carbocycles. The van der Waals surface area contributed by atoms with E-state index in [2.05, 4.69) is 54.6 Å². The van der Waals surface area contributed by atoms with Crippen LogP contribution in [0.1, 0.15) is 25.6 Å². The molecule has 2 heteroatoms. The average molecular weight is 203 g/mol. The molecule has 1 aliphatic rings. The van der Waals surface area contributed by atoms with Crippen LogP contribution in [0.2, 0.25) is 0 Å². The molecule has 2 nitrogen and oxygen atoms in total. The fourth-order valence-electron chi connectivity index (χ4n) is 2.01. The standard InChI is InChI=1S/C13H19N2/c1-11-5-4-6-13(9-11)10-15-8-7-14(3)12(15)2/h6-9H,4-5,10H2,1-3H3/q+1. The zero-order valence-corrected chi connectivity index (χ0v) is 9.83. The third-order valence-electron chi connectivity index (χ3n) is 3.13. The molecule has 0 aromatic carbocycles. The number of nitrogens with zero attached hydrogens (tertiary/aromatic N) is 2. The minimum Gasteiger partial charge on any atom is -0.237 e. The van der Waals surface area contributed by atoms with Gasteiger partial charge in [0.05, 0.1) is 7.05 Å². The molecular formula is C13H19N2+. The van der Waals surface area contributed by atoms with Crippen LogP contribution >= 0.6 is 0 Å². The van der Waals surface area contributed by atoms with E-state index in [1.165, 1.54) is 29.8 Å². The van der Waals surface area contributed by atoms with E-state index in [9.17, 15) is 0 Å². The Hall–Kier alpha value is -1.31. The highest BCUT2D eigenvalue weighted by Crippen LogP contribution is 2.17. The summed E-state index contributed by atoms with van der Waals surface area (Å²) in [7, 11) is 2.09. The average Bonchev–Trinajstić information content (AvgIpc) is 2.50. The van der Waals surface area contributed by atoms with Gasteiger partial charge in [-0.1, -0.05) is 17.7 Å². The Labute approximate surface area is 91.5 Å². The highest BCUT2D eigenvalue weighted by Gasteiger charge is 2.11. The molecule has 0 atom stereocenters. The van der Waals surface area contributed by atoms with E-state index in [-0.39, 0.29) is 0 Å². The van der Waals surface area contributed by atoms with Gasteiger partial charge in [0.1, 0.15) is 18.9 Å². The van der Waals surface area contributed by atoms with Gasteiger partial charge in [0.15, 0.2) is 0 Å². The molecule has 0 bridgehead atoms. The van der Waals surface area contributed by atoms with Crippen molar-refractivity contribution in [1.29, 1.82) is 0 Å². The van der Waals surface area contributed by atoms with Crippen LogP contribution in [-0.2, 0) is 13.6 Å². The van der Waals surface area contributed by atoms with E-state index in [0.29, 0.717) is 0 Å². The minimum atomic E-state index is 1.00. The summed E-state index contributed by atoms with van der Waals surface area (Å²) in [4.78, 5) is 0. The Balaban J connectivity index is 2.16. The summed E-state index contributed by atoms with van der Waals surface area (Å²) in [6.07, 6.45) is 11.4. The zero-order chi connectivity index (χ0) is 10.8. The number of rotatable bonds is 2. The van der Waals surface area contributed by atoms with Gasteiger partial charge in [0.25, 0.3) is 5.82 Å². The molecule has 15 heavy (non-hydrogen) atoms. The second kappa shape index (κ2) is 4.05. The molecule has 80 valence electrons. The van der Waals surface area contributed by atoms with E-state index in [1.807, 2.05) is 0 Å². The van der Waals surface area contributed by atoms with E-state index >= 15 is 0 Å². The zero-order valence-electron chi connectivity index (χ0n) is 9.83. The number of hydrogen-bond donors (Lipinski definition) is 0. The molecular weight excluding hydrogens is 184 g/mol. The van der Waals surface area contributed by atoms with Gasteiger partial charge in [-0.3, -0.25) is 0 Å². The maximum absolute atomic E-state index is 2.35. The van der Waals surface area contributed by atoms with Crippen molar-refractivity contribution < 1.29 is 4.57 Å². The SMILES string of the molecule is CC1=CC(Cn2cc[n+](C)c2C)=CCC1. The van der Waals surface area contributed by atoms with Crippen LogP contribution in [0, 0.1) is 6.92 Å². The maximum atomic E-state index is 2.35. The predicted octanol–water partition coefficient (Wildman–Crippen LogP) is 2.29. The van der Waals surface area contributed by atoms with Crippen LogP contribution in [0.4, 0.5) is 0 Å². The summed E-state index contributed by atoms with van der Waals surface area (Å²) < 4.78 is 4.45. The van der Waals surface area contributed by atoms with Gasteiger partial charge in [-0.05, 0) is 25.3 Å². The summed E-state index contributed by atoms with van der Waals surface area (Å²) in [5.74, 6) is 1.30. The van der Waals surface area contributed by atoms with Crippen molar-refractivity contribution in [2.75, 3.05) is 0 Å². The molecule has 0 N–H and O–H groups in total. The summed E-state index contributed by atoms with van der Waals surface area (Å²) >= 11 is 0. The van der Waals surface area contributed by atoms with E-state index in [1.54, 1.807) is 0 Å². The van der Waals surface area contributed by atoms with Gasteiger partial charge < -0.3 is 0 Å². The minimum absolute atomic E-state index is 1.00. The summed E-state index contributed by atoms with van der Waals surface area (Å²) in [5, 5.41) is 0. The summed E-state index contributed by atoms with van der Waals surface area (Å²) in [5.41, 5.74) is 2.94. The quantitative estimate of drug-likeness (QED) is 0.652. The fraction of sp³-hybridized carbons (Fsp3) is 0.462. The van der Waals surface area contributed by atoms with Gasteiger partial charge in [-0.2, -0.15) is 0 Å². The van der Waals surface area contributed by atoms with Crippen molar-refractivity contribution in [3.8, 4) is 0 Å². The lowest BCUT2D eigenvalue weighted by molar-refractivity contribution is -0.677. The van der Waals surface area contributed by atoms with Crippen molar-refractivity contribution in [2.24, 2.45) is 7.05 Å². The first kappa shape index (κ1) is 10.2. The second-order valence-corrected chi connectivity index (χ2v) is 4.39. The molecule has 0 radical (unpaired) electrons. The Kier molecular flexibility index (Phi) is 2.76. The largest absolute Gasteiger partial charge is 0.253 e. The third kappa shape index (κ3) is 2.20. The molecule has 0 unspecified atom stereocenters. The van der Waals surface area contributed by atoms with E-state index in [0.717, 1.165) is 6.54 Å². The molecule has 0 aliphatic heterocycles. The normalized spacial score (nSPS) is 16.2. The van der Waals surface area contributed by atoms with Crippen molar-refractivity contribution in [3.05, 3.63) is 41.5 Å². The monoisotopic (exact) mass is 203 g/mol. The lowest BCUT2D eigenvalue weighted by Gasteiger charge is -2.09. The molecule has 1 aromatic rings. The van der Waals surface area contributed by atoms with Crippen molar-refractivity contribution in [2.45, 2.75) is 33.2 Å². The maximum Gasteiger partial charge on any atom is 0.253 e. The molecule has 1 heterocycles. The second-order valence-electron chi connectivity index (χ2n) is 4.39. The molecule has 0 fully saturated rings. The van der Waals surface area contributed by atoms with Crippen LogP contribution < -0.4 is 4.57 Å². The topological polar surface area (TPSA) is 8.81 Å². The van der Waals surface area contributed by atoms with E-state index < -0.39 is 0 Å².